The maximum atomic E-state index is 12.4. The third-order valence-electron chi connectivity index (χ3n) is 5.36. The number of hydrogen-bond donors (Lipinski definition) is 2. The van der Waals surface area contributed by atoms with Gasteiger partial charge in [0.25, 0.3) is 0 Å². The molecule has 3 rings (SSSR count). The molecule has 2 aromatic rings. The van der Waals surface area contributed by atoms with Gasteiger partial charge < -0.3 is 19.8 Å². The fourth-order valence-corrected chi connectivity index (χ4v) is 3.62. The SMILES string of the molecule is COc1ccc(CCNC(=O)C2CCC(C(=O)NCc3ccco3)CC2)cc1. The van der Waals surface area contributed by atoms with Crippen LogP contribution < -0.4 is 15.4 Å². The van der Waals surface area contributed by atoms with Gasteiger partial charge in [-0.15, -0.1) is 0 Å². The molecule has 1 fully saturated rings. The Bertz CT molecular complexity index is 747. The second-order valence-corrected chi connectivity index (χ2v) is 7.23. The highest BCUT2D eigenvalue weighted by atomic mass is 16.5. The highest BCUT2D eigenvalue weighted by Gasteiger charge is 2.29. The molecule has 0 spiro atoms. The predicted molar refractivity (Wildman–Crippen MR) is 106 cm³/mol. The van der Waals surface area contributed by atoms with Crippen molar-refractivity contribution in [3.63, 3.8) is 0 Å². The molecule has 0 bridgehead atoms. The monoisotopic (exact) mass is 384 g/mol. The molecule has 2 amide bonds. The molecular weight excluding hydrogens is 356 g/mol. The van der Waals surface area contributed by atoms with E-state index < -0.39 is 0 Å². The Labute approximate surface area is 165 Å². The van der Waals surface area contributed by atoms with Crippen molar-refractivity contribution in [3.8, 4) is 5.75 Å². The van der Waals surface area contributed by atoms with Gasteiger partial charge in [0, 0.05) is 18.4 Å². The second-order valence-electron chi connectivity index (χ2n) is 7.23. The number of carbonyl (C=O) groups excluding carboxylic acids is 2. The fraction of sp³-hybridized carbons (Fsp3) is 0.455. The number of amides is 2. The summed E-state index contributed by atoms with van der Waals surface area (Å²) >= 11 is 0. The lowest BCUT2D eigenvalue weighted by Crippen LogP contribution is -2.37. The van der Waals surface area contributed by atoms with Gasteiger partial charge in [0.1, 0.15) is 11.5 Å². The molecule has 6 nitrogen and oxygen atoms in total. The van der Waals surface area contributed by atoms with Crippen molar-refractivity contribution < 1.29 is 18.7 Å². The van der Waals surface area contributed by atoms with Crippen molar-refractivity contribution in [1.29, 1.82) is 0 Å². The van der Waals surface area contributed by atoms with Gasteiger partial charge in [-0.3, -0.25) is 9.59 Å². The van der Waals surface area contributed by atoms with Crippen LogP contribution in [0.5, 0.6) is 5.75 Å². The topological polar surface area (TPSA) is 80.6 Å². The predicted octanol–water partition coefficient (Wildman–Crippen LogP) is 3.07. The van der Waals surface area contributed by atoms with Crippen LogP contribution in [0, 0.1) is 11.8 Å². The van der Waals surface area contributed by atoms with Gasteiger partial charge in [0.2, 0.25) is 11.8 Å². The molecule has 1 aliphatic rings. The minimum Gasteiger partial charge on any atom is -0.497 e. The van der Waals surface area contributed by atoms with Crippen LogP contribution in [0.3, 0.4) is 0 Å². The molecule has 1 aromatic heterocycles. The van der Waals surface area contributed by atoms with Crippen molar-refractivity contribution in [2.75, 3.05) is 13.7 Å². The summed E-state index contributed by atoms with van der Waals surface area (Å²) in [6.07, 6.45) is 5.40. The largest absolute Gasteiger partial charge is 0.497 e. The minimum atomic E-state index is -0.0155. The molecule has 6 heteroatoms. The zero-order valence-corrected chi connectivity index (χ0v) is 16.3. The average molecular weight is 384 g/mol. The van der Waals surface area contributed by atoms with E-state index in [9.17, 15) is 9.59 Å². The first kappa shape index (κ1) is 20.0. The van der Waals surface area contributed by atoms with Gasteiger partial charge in [-0.2, -0.15) is 0 Å². The Morgan fingerprint density at radius 2 is 1.64 bits per heavy atom. The van der Waals surface area contributed by atoms with Gasteiger partial charge >= 0.3 is 0 Å². The van der Waals surface area contributed by atoms with Crippen LogP contribution in [0.2, 0.25) is 0 Å². The van der Waals surface area contributed by atoms with Crippen LogP contribution >= 0.6 is 0 Å². The number of benzene rings is 1. The van der Waals surface area contributed by atoms with Gasteiger partial charge in [-0.25, -0.2) is 0 Å². The van der Waals surface area contributed by atoms with Crippen molar-refractivity contribution in [2.45, 2.75) is 38.6 Å². The van der Waals surface area contributed by atoms with Gasteiger partial charge in [-0.05, 0) is 61.9 Å². The Morgan fingerprint density at radius 3 is 2.21 bits per heavy atom. The van der Waals surface area contributed by atoms with E-state index in [0.29, 0.717) is 13.1 Å². The average Bonchev–Trinajstić information content (AvgIpc) is 3.26. The van der Waals surface area contributed by atoms with Crippen LogP contribution in [0.25, 0.3) is 0 Å². The fourth-order valence-electron chi connectivity index (χ4n) is 3.62. The Balaban J connectivity index is 1.34. The normalized spacial score (nSPS) is 19.0. The number of nitrogens with one attached hydrogen (secondary N) is 2. The minimum absolute atomic E-state index is 0.00462. The molecule has 1 heterocycles. The third-order valence-corrected chi connectivity index (χ3v) is 5.36. The molecule has 28 heavy (non-hydrogen) atoms. The number of furan rings is 1. The summed E-state index contributed by atoms with van der Waals surface area (Å²) < 4.78 is 10.4. The quantitative estimate of drug-likeness (QED) is 0.733. The second kappa shape index (κ2) is 9.97. The Kier molecular flexibility index (Phi) is 7.12. The number of ether oxygens (including phenoxy) is 1. The van der Waals surface area contributed by atoms with E-state index in [1.807, 2.05) is 30.3 Å². The molecule has 0 atom stereocenters. The van der Waals surface area contributed by atoms with Gasteiger partial charge in [-0.1, -0.05) is 12.1 Å². The van der Waals surface area contributed by atoms with E-state index in [4.69, 9.17) is 9.15 Å². The molecule has 150 valence electrons. The maximum Gasteiger partial charge on any atom is 0.223 e. The van der Waals surface area contributed by atoms with E-state index in [-0.39, 0.29) is 23.7 Å². The Morgan fingerprint density at radius 1 is 1.00 bits per heavy atom. The lowest BCUT2D eigenvalue weighted by molar-refractivity contribution is -0.130. The number of rotatable bonds is 8. The number of methoxy groups -OCH3 is 1. The lowest BCUT2D eigenvalue weighted by Gasteiger charge is -2.27. The van der Waals surface area contributed by atoms with Crippen molar-refractivity contribution in [1.82, 2.24) is 10.6 Å². The highest BCUT2D eigenvalue weighted by Crippen LogP contribution is 2.29. The van der Waals surface area contributed by atoms with E-state index in [1.54, 1.807) is 19.4 Å². The molecule has 1 saturated carbocycles. The summed E-state index contributed by atoms with van der Waals surface area (Å²) in [7, 11) is 1.65. The summed E-state index contributed by atoms with van der Waals surface area (Å²) in [6, 6.07) is 11.5. The van der Waals surface area contributed by atoms with Crippen LogP contribution in [0.1, 0.15) is 37.0 Å². The molecular formula is C22H28N2O4. The molecule has 2 N–H and O–H groups in total. The zero-order chi connectivity index (χ0) is 19.8. The van der Waals surface area contributed by atoms with Gasteiger partial charge in [0.05, 0.1) is 19.9 Å². The standard InChI is InChI=1S/C22H28N2O4/c1-27-19-10-4-16(5-11-19)12-13-23-21(25)17-6-8-18(9-7-17)22(26)24-15-20-3-2-14-28-20/h2-5,10-11,14,17-18H,6-9,12-13,15H2,1H3,(H,23,25)(H,24,26). The van der Waals surface area contributed by atoms with Crippen molar-refractivity contribution in [3.05, 3.63) is 54.0 Å². The lowest BCUT2D eigenvalue weighted by atomic mass is 9.81. The summed E-state index contributed by atoms with van der Waals surface area (Å²) in [6.45, 7) is 1.03. The maximum absolute atomic E-state index is 12.4. The summed E-state index contributed by atoms with van der Waals surface area (Å²) in [5.74, 6) is 1.72. The number of carbonyl (C=O) groups is 2. The van der Waals surface area contributed by atoms with E-state index >= 15 is 0 Å². The third kappa shape index (κ3) is 5.62. The summed E-state index contributed by atoms with van der Waals surface area (Å²) in [5, 5.41) is 5.95. The first-order valence-electron chi connectivity index (χ1n) is 9.86. The highest BCUT2D eigenvalue weighted by molar-refractivity contribution is 5.81. The van der Waals surface area contributed by atoms with Crippen LogP contribution in [-0.4, -0.2) is 25.5 Å². The van der Waals surface area contributed by atoms with Crippen LogP contribution in [0.4, 0.5) is 0 Å². The zero-order valence-electron chi connectivity index (χ0n) is 16.3. The van der Waals surface area contributed by atoms with Crippen molar-refractivity contribution in [2.24, 2.45) is 11.8 Å². The van der Waals surface area contributed by atoms with E-state index in [0.717, 1.165) is 49.2 Å². The molecule has 1 aliphatic carbocycles. The molecule has 1 aromatic carbocycles. The van der Waals surface area contributed by atoms with E-state index in [1.165, 1.54) is 0 Å². The first-order chi connectivity index (χ1) is 13.7. The van der Waals surface area contributed by atoms with Crippen LogP contribution in [0.15, 0.2) is 47.1 Å². The first-order valence-corrected chi connectivity index (χ1v) is 9.86. The summed E-state index contributed by atoms with van der Waals surface area (Å²) in [4.78, 5) is 24.7. The van der Waals surface area contributed by atoms with E-state index in [2.05, 4.69) is 10.6 Å². The van der Waals surface area contributed by atoms with Crippen LogP contribution in [-0.2, 0) is 22.6 Å². The number of hydrogen-bond acceptors (Lipinski definition) is 4. The molecule has 0 saturated heterocycles. The molecule has 0 unspecified atom stereocenters. The van der Waals surface area contributed by atoms with Gasteiger partial charge in [0.15, 0.2) is 0 Å². The Hall–Kier alpha value is -2.76. The molecule has 0 aliphatic heterocycles. The summed E-state index contributed by atoms with van der Waals surface area (Å²) in [5.41, 5.74) is 1.16. The smallest absolute Gasteiger partial charge is 0.223 e. The van der Waals surface area contributed by atoms with Crippen molar-refractivity contribution >= 4 is 11.8 Å². The molecule has 0 radical (unpaired) electrons.